The first kappa shape index (κ1) is 14.0. The van der Waals surface area contributed by atoms with E-state index in [0.717, 1.165) is 5.82 Å². The molecule has 0 aliphatic heterocycles. The van der Waals surface area contributed by atoms with Crippen molar-refractivity contribution in [1.29, 1.82) is 5.26 Å². The van der Waals surface area contributed by atoms with Crippen molar-refractivity contribution in [2.75, 3.05) is 18.9 Å². The number of nitrogens with zero attached hydrogens (tertiary/aromatic N) is 3. The SMILES string of the molecule is CNc1ccc(C(=O)N(CCC#N)C(C)C)cn1. The molecule has 18 heavy (non-hydrogen) atoms. The monoisotopic (exact) mass is 246 g/mol. The minimum absolute atomic E-state index is 0.0647. The summed E-state index contributed by atoms with van der Waals surface area (Å²) in [6.45, 7) is 4.32. The van der Waals surface area contributed by atoms with Gasteiger partial charge < -0.3 is 10.2 Å². The average molecular weight is 246 g/mol. The number of aromatic nitrogens is 1. The van der Waals surface area contributed by atoms with Gasteiger partial charge in [0.1, 0.15) is 5.82 Å². The molecular formula is C13H18N4O. The maximum Gasteiger partial charge on any atom is 0.255 e. The number of amides is 1. The molecule has 0 aromatic carbocycles. The Morgan fingerprint density at radius 2 is 2.28 bits per heavy atom. The lowest BCUT2D eigenvalue weighted by molar-refractivity contribution is 0.0710. The molecular weight excluding hydrogens is 228 g/mol. The summed E-state index contributed by atoms with van der Waals surface area (Å²) in [4.78, 5) is 18.0. The Kier molecular flexibility index (Phi) is 5.12. The summed E-state index contributed by atoms with van der Waals surface area (Å²) in [6.07, 6.45) is 1.89. The number of nitriles is 1. The first-order valence-electron chi connectivity index (χ1n) is 5.92. The molecule has 0 unspecified atom stereocenters. The second-order valence-corrected chi connectivity index (χ2v) is 4.18. The molecule has 0 spiro atoms. The Morgan fingerprint density at radius 1 is 1.56 bits per heavy atom. The molecule has 1 aromatic rings. The van der Waals surface area contributed by atoms with Crippen molar-refractivity contribution in [2.45, 2.75) is 26.3 Å². The van der Waals surface area contributed by atoms with E-state index in [2.05, 4.69) is 16.4 Å². The first-order chi connectivity index (χ1) is 8.60. The highest BCUT2D eigenvalue weighted by molar-refractivity contribution is 5.94. The fraction of sp³-hybridized carbons (Fsp3) is 0.462. The second-order valence-electron chi connectivity index (χ2n) is 4.18. The summed E-state index contributed by atoms with van der Waals surface area (Å²) in [5, 5.41) is 11.5. The van der Waals surface area contributed by atoms with Crippen LogP contribution in [0.5, 0.6) is 0 Å². The highest BCUT2D eigenvalue weighted by Gasteiger charge is 2.18. The van der Waals surface area contributed by atoms with Gasteiger partial charge in [0, 0.05) is 25.8 Å². The molecule has 0 aliphatic rings. The van der Waals surface area contributed by atoms with Crippen LogP contribution in [-0.4, -0.2) is 35.4 Å². The summed E-state index contributed by atoms with van der Waals surface area (Å²) in [7, 11) is 1.77. The number of hydrogen-bond donors (Lipinski definition) is 1. The van der Waals surface area contributed by atoms with Crippen LogP contribution in [0, 0.1) is 11.3 Å². The van der Waals surface area contributed by atoms with Gasteiger partial charge in [-0.25, -0.2) is 4.98 Å². The van der Waals surface area contributed by atoms with Crippen molar-refractivity contribution in [2.24, 2.45) is 0 Å². The Hall–Kier alpha value is -2.09. The van der Waals surface area contributed by atoms with Gasteiger partial charge in [-0.05, 0) is 26.0 Å². The predicted molar refractivity (Wildman–Crippen MR) is 70.2 cm³/mol. The number of nitrogens with one attached hydrogen (secondary N) is 1. The van der Waals surface area contributed by atoms with Crippen LogP contribution in [0.1, 0.15) is 30.6 Å². The van der Waals surface area contributed by atoms with E-state index < -0.39 is 0 Å². The number of anilines is 1. The zero-order valence-electron chi connectivity index (χ0n) is 11.0. The van der Waals surface area contributed by atoms with Crippen LogP contribution in [0.2, 0.25) is 0 Å². The van der Waals surface area contributed by atoms with Gasteiger partial charge in [0.2, 0.25) is 0 Å². The molecule has 1 amide bonds. The summed E-state index contributed by atoms with van der Waals surface area (Å²) < 4.78 is 0. The van der Waals surface area contributed by atoms with E-state index in [1.807, 2.05) is 13.8 Å². The lowest BCUT2D eigenvalue weighted by Crippen LogP contribution is -2.37. The molecule has 1 heterocycles. The van der Waals surface area contributed by atoms with E-state index >= 15 is 0 Å². The van der Waals surface area contributed by atoms with E-state index in [1.54, 1.807) is 30.3 Å². The van der Waals surface area contributed by atoms with Crippen molar-refractivity contribution in [1.82, 2.24) is 9.88 Å². The standard InChI is InChI=1S/C13H18N4O/c1-10(2)17(8-4-7-14)13(18)11-5-6-12(15-3)16-9-11/h5-6,9-10H,4,8H2,1-3H3,(H,15,16). The molecule has 0 fully saturated rings. The zero-order chi connectivity index (χ0) is 13.5. The molecule has 1 aromatic heterocycles. The molecule has 5 heteroatoms. The fourth-order valence-corrected chi connectivity index (χ4v) is 1.60. The normalized spacial score (nSPS) is 9.94. The Bertz CT molecular complexity index is 433. The number of carbonyl (C=O) groups is 1. The van der Waals surface area contributed by atoms with Crippen molar-refractivity contribution < 1.29 is 4.79 Å². The van der Waals surface area contributed by atoms with Gasteiger partial charge in [0.05, 0.1) is 18.1 Å². The Balaban J connectivity index is 2.84. The molecule has 96 valence electrons. The molecule has 0 saturated heterocycles. The van der Waals surface area contributed by atoms with Crippen molar-refractivity contribution in [3.8, 4) is 6.07 Å². The van der Waals surface area contributed by atoms with Crippen LogP contribution in [0.25, 0.3) is 0 Å². The number of pyridine rings is 1. The van der Waals surface area contributed by atoms with Gasteiger partial charge in [0.25, 0.3) is 5.91 Å². The van der Waals surface area contributed by atoms with Gasteiger partial charge in [-0.15, -0.1) is 0 Å². The molecule has 5 nitrogen and oxygen atoms in total. The third kappa shape index (κ3) is 3.45. The summed E-state index contributed by atoms with van der Waals surface area (Å²) in [5.41, 5.74) is 0.542. The Morgan fingerprint density at radius 3 is 2.72 bits per heavy atom. The quantitative estimate of drug-likeness (QED) is 0.861. The molecule has 0 bridgehead atoms. The Labute approximate surface area is 107 Å². The van der Waals surface area contributed by atoms with Crippen molar-refractivity contribution >= 4 is 11.7 Å². The van der Waals surface area contributed by atoms with Crippen LogP contribution in [0.15, 0.2) is 18.3 Å². The maximum absolute atomic E-state index is 12.2. The van der Waals surface area contributed by atoms with Crippen LogP contribution < -0.4 is 5.32 Å². The summed E-state index contributed by atoms with van der Waals surface area (Å²) >= 11 is 0. The molecule has 0 saturated carbocycles. The van der Waals surface area contributed by atoms with Gasteiger partial charge in [-0.2, -0.15) is 5.26 Å². The second kappa shape index (κ2) is 6.60. The highest BCUT2D eigenvalue weighted by atomic mass is 16.2. The summed E-state index contributed by atoms with van der Waals surface area (Å²) in [5.74, 6) is 0.634. The minimum Gasteiger partial charge on any atom is -0.373 e. The highest BCUT2D eigenvalue weighted by Crippen LogP contribution is 2.10. The van der Waals surface area contributed by atoms with Gasteiger partial charge in [0.15, 0.2) is 0 Å². The van der Waals surface area contributed by atoms with Crippen molar-refractivity contribution in [3.63, 3.8) is 0 Å². The van der Waals surface area contributed by atoms with E-state index in [4.69, 9.17) is 5.26 Å². The zero-order valence-corrected chi connectivity index (χ0v) is 11.0. The molecule has 0 aliphatic carbocycles. The topological polar surface area (TPSA) is 69.0 Å². The molecule has 0 atom stereocenters. The lowest BCUT2D eigenvalue weighted by atomic mass is 10.2. The molecule has 1 rings (SSSR count). The van der Waals surface area contributed by atoms with Crippen LogP contribution >= 0.6 is 0 Å². The first-order valence-corrected chi connectivity index (χ1v) is 5.92. The number of rotatable bonds is 5. The fourth-order valence-electron chi connectivity index (χ4n) is 1.60. The van der Waals surface area contributed by atoms with Crippen molar-refractivity contribution in [3.05, 3.63) is 23.9 Å². The smallest absolute Gasteiger partial charge is 0.255 e. The lowest BCUT2D eigenvalue weighted by Gasteiger charge is -2.25. The molecule has 1 N–H and O–H groups in total. The van der Waals surface area contributed by atoms with Gasteiger partial charge >= 0.3 is 0 Å². The minimum atomic E-state index is -0.0876. The van der Waals surface area contributed by atoms with E-state index in [9.17, 15) is 4.79 Å². The van der Waals surface area contributed by atoms with Crippen LogP contribution in [0.3, 0.4) is 0 Å². The number of hydrogen-bond acceptors (Lipinski definition) is 4. The van der Waals surface area contributed by atoms with E-state index in [-0.39, 0.29) is 11.9 Å². The van der Waals surface area contributed by atoms with Gasteiger partial charge in [-0.3, -0.25) is 4.79 Å². The number of carbonyl (C=O) groups excluding carboxylic acids is 1. The largest absolute Gasteiger partial charge is 0.373 e. The van der Waals surface area contributed by atoms with E-state index in [1.165, 1.54) is 0 Å². The third-order valence-electron chi connectivity index (χ3n) is 2.62. The average Bonchev–Trinajstić information content (AvgIpc) is 2.38. The molecule has 0 radical (unpaired) electrons. The van der Waals surface area contributed by atoms with Gasteiger partial charge in [-0.1, -0.05) is 0 Å². The van der Waals surface area contributed by atoms with Crippen LogP contribution in [-0.2, 0) is 0 Å². The third-order valence-corrected chi connectivity index (χ3v) is 2.62. The predicted octanol–water partition coefficient (Wildman–Crippen LogP) is 1.89. The van der Waals surface area contributed by atoms with E-state index in [0.29, 0.717) is 18.5 Å². The van der Waals surface area contributed by atoms with Crippen LogP contribution in [0.4, 0.5) is 5.82 Å². The maximum atomic E-state index is 12.2. The summed E-state index contributed by atoms with van der Waals surface area (Å²) in [6, 6.07) is 5.62.